The van der Waals surface area contributed by atoms with Crippen molar-refractivity contribution >= 4 is 22.6 Å². The molecule has 0 bridgehead atoms. The van der Waals surface area contributed by atoms with Crippen LogP contribution in [0, 0.1) is 5.92 Å². The topological polar surface area (TPSA) is 71.9 Å². The van der Waals surface area contributed by atoms with Crippen molar-refractivity contribution in [3.05, 3.63) is 30.3 Å². The fourth-order valence-corrected chi connectivity index (χ4v) is 2.71. The van der Waals surface area contributed by atoms with Gasteiger partial charge in [-0.05, 0) is 25.1 Å². The van der Waals surface area contributed by atoms with E-state index >= 15 is 0 Å². The number of hydrogen-bond acceptors (Lipinski definition) is 3. The maximum Gasteiger partial charge on any atom is 0.228 e. The number of nitrogens with zero attached hydrogens (tertiary/aromatic N) is 2. The molecule has 3 rings (SSSR count). The molecular weight excluding hydrogens is 304 g/mol. The zero-order chi connectivity index (χ0) is 17.3. The first-order valence-corrected chi connectivity index (χ1v) is 8.07. The van der Waals surface area contributed by atoms with Crippen LogP contribution in [0.1, 0.15) is 20.8 Å². The summed E-state index contributed by atoms with van der Waals surface area (Å²) in [6, 6.07) is 9.99. The van der Waals surface area contributed by atoms with Crippen LogP contribution >= 0.6 is 0 Å². The van der Waals surface area contributed by atoms with E-state index in [9.17, 15) is 4.79 Å². The predicted molar refractivity (Wildman–Crippen MR) is 95.2 cm³/mol. The molecule has 24 heavy (non-hydrogen) atoms. The molecule has 0 saturated carbocycles. The fraction of sp³-hybridized carbons (Fsp3) is 0.333. The number of fused-ring (bicyclic) bond motifs is 1. The van der Waals surface area contributed by atoms with E-state index in [0.717, 1.165) is 34.6 Å². The summed E-state index contributed by atoms with van der Waals surface area (Å²) in [6.07, 6.45) is 0. The second-order valence-electron chi connectivity index (χ2n) is 6.01. The predicted octanol–water partition coefficient (Wildman–Crippen LogP) is 3.65. The first-order valence-electron chi connectivity index (χ1n) is 8.07. The van der Waals surface area contributed by atoms with Crippen molar-refractivity contribution in [1.29, 1.82) is 0 Å². The standard InChI is InChI=1S/C18H22N4O2/c1-5-22-15-9-13(24-4)7-6-12(15)8-16(22)14-10-17(21-20-14)19-18(23)11(2)3/h6-11H,5H2,1-4H3,(H2,19,20,21,23). The van der Waals surface area contributed by atoms with Crippen LogP contribution in [0.5, 0.6) is 5.75 Å². The van der Waals surface area contributed by atoms with Gasteiger partial charge >= 0.3 is 0 Å². The van der Waals surface area contributed by atoms with Gasteiger partial charge in [0, 0.05) is 30.0 Å². The van der Waals surface area contributed by atoms with Gasteiger partial charge in [0.2, 0.25) is 5.91 Å². The van der Waals surface area contributed by atoms with Gasteiger partial charge in [0.25, 0.3) is 0 Å². The fourth-order valence-electron chi connectivity index (χ4n) is 2.71. The number of anilines is 1. The third-order valence-corrected chi connectivity index (χ3v) is 4.06. The first-order chi connectivity index (χ1) is 11.5. The zero-order valence-electron chi connectivity index (χ0n) is 14.4. The Morgan fingerprint density at radius 3 is 2.79 bits per heavy atom. The number of aryl methyl sites for hydroxylation is 1. The van der Waals surface area contributed by atoms with Crippen molar-refractivity contribution < 1.29 is 9.53 Å². The molecule has 2 N–H and O–H groups in total. The third-order valence-electron chi connectivity index (χ3n) is 4.06. The van der Waals surface area contributed by atoms with E-state index in [1.807, 2.05) is 38.1 Å². The van der Waals surface area contributed by atoms with Crippen LogP contribution in [0.25, 0.3) is 22.3 Å². The van der Waals surface area contributed by atoms with E-state index in [1.54, 1.807) is 7.11 Å². The number of ether oxygens (including phenoxy) is 1. The normalized spacial score (nSPS) is 11.2. The molecule has 2 aromatic heterocycles. The number of benzene rings is 1. The van der Waals surface area contributed by atoms with E-state index in [2.05, 4.69) is 33.1 Å². The molecule has 6 heteroatoms. The summed E-state index contributed by atoms with van der Waals surface area (Å²) in [7, 11) is 1.67. The lowest BCUT2D eigenvalue weighted by Gasteiger charge is -2.07. The van der Waals surface area contributed by atoms with Crippen molar-refractivity contribution in [2.75, 3.05) is 12.4 Å². The molecule has 0 spiro atoms. The summed E-state index contributed by atoms with van der Waals surface area (Å²) >= 11 is 0. The number of carbonyl (C=O) groups is 1. The monoisotopic (exact) mass is 326 g/mol. The molecule has 0 saturated heterocycles. The molecule has 6 nitrogen and oxygen atoms in total. The number of methoxy groups -OCH3 is 1. The van der Waals surface area contributed by atoms with Crippen molar-refractivity contribution in [3.63, 3.8) is 0 Å². The molecule has 0 aliphatic carbocycles. The van der Waals surface area contributed by atoms with Crippen LogP contribution in [0.3, 0.4) is 0 Å². The Morgan fingerprint density at radius 2 is 2.12 bits per heavy atom. The number of aromatic amines is 1. The Kier molecular flexibility index (Phi) is 4.29. The molecule has 0 fully saturated rings. The third kappa shape index (κ3) is 2.87. The summed E-state index contributed by atoms with van der Waals surface area (Å²) < 4.78 is 7.52. The van der Waals surface area contributed by atoms with Gasteiger partial charge in [-0.3, -0.25) is 9.89 Å². The molecule has 1 amide bonds. The molecular formula is C18H22N4O2. The molecule has 0 aliphatic rings. The smallest absolute Gasteiger partial charge is 0.228 e. The van der Waals surface area contributed by atoms with Gasteiger partial charge in [0.05, 0.1) is 24.0 Å². The number of amides is 1. The number of nitrogens with one attached hydrogen (secondary N) is 2. The Labute approximate surface area is 140 Å². The van der Waals surface area contributed by atoms with Crippen LogP contribution in [0.2, 0.25) is 0 Å². The minimum absolute atomic E-state index is 0.0474. The van der Waals surface area contributed by atoms with E-state index in [0.29, 0.717) is 5.82 Å². The van der Waals surface area contributed by atoms with E-state index in [4.69, 9.17) is 4.74 Å². The minimum atomic E-state index is -0.0836. The number of rotatable bonds is 5. The maximum atomic E-state index is 11.8. The highest BCUT2D eigenvalue weighted by molar-refractivity contribution is 5.92. The summed E-state index contributed by atoms with van der Waals surface area (Å²) in [6.45, 7) is 6.62. The summed E-state index contributed by atoms with van der Waals surface area (Å²) in [5, 5.41) is 11.2. The van der Waals surface area contributed by atoms with Crippen LogP contribution in [-0.2, 0) is 11.3 Å². The first kappa shape index (κ1) is 16.1. The Bertz CT molecular complexity index is 876. The zero-order valence-corrected chi connectivity index (χ0v) is 14.4. The van der Waals surface area contributed by atoms with Gasteiger partial charge in [-0.25, -0.2) is 0 Å². The number of aromatic nitrogens is 3. The molecule has 126 valence electrons. The van der Waals surface area contributed by atoms with Gasteiger partial charge in [-0.1, -0.05) is 13.8 Å². The minimum Gasteiger partial charge on any atom is -0.497 e. The Hall–Kier alpha value is -2.76. The van der Waals surface area contributed by atoms with Crippen LogP contribution in [0.4, 0.5) is 5.82 Å². The van der Waals surface area contributed by atoms with Crippen molar-refractivity contribution in [3.8, 4) is 17.1 Å². The van der Waals surface area contributed by atoms with Gasteiger partial charge in [0.1, 0.15) is 5.75 Å². The largest absolute Gasteiger partial charge is 0.497 e. The number of H-pyrrole nitrogens is 1. The van der Waals surface area contributed by atoms with E-state index in [1.165, 1.54) is 0 Å². The molecule has 2 heterocycles. The molecule has 3 aromatic rings. The lowest BCUT2D eigenvalue weighted by atomic mass is 10.2. The highest BCUT2D eigenvalue weighted by Crippen LogP contribution is 2.30. The quantitative estimate of drug-likeness (QED) is 0.751. The average molecular weight is 326 g/mol. The van der Waals surface area contributed by atoms with E-state index < -0.39 is 0 Å². The molecule has 0 atom stereocenters. The number of hydrogen-bond donors (Lipinski definition) is 2. The van der Waals surface area contributed by atoms with Gasteiger partial charge in [-0.15, -0.1) is 0 Å². The van der Waals surface area contributed by atoms with Crippen molar-refractivity contribution in [2.45, 2.75) is 27.3 Å². The SMILES string of the molecule is CCn1c(-c2cc(NC(=O)C(C)C)n[nH]2)cc2ccc(OC)cc21. The van der Waals surface area contributed by atoms with Crippen LogP contribution < -0.4 is 10.1 Å². The molecule has 0 aliphatic heterocycles. The summed E-state index contributed by atoms with van der Waals surface area (Å²) in [4.78, 5) is 11.8. The van der Waals surface area contributed by atoms with Gasteiger partial charge in [0.15, 0.2) is 5.82 Å². The maximum absolute atomic E-state index is 11.8. The van der Waals surface area contributed by atoms with E-state index in [-0.39, 0.29) is 11.8 Å². The van der Waals surface area contributed by atoms with Gasteiger partial charge < -0.3 is 14.6 Å². The highest BCUT2D eigenvalue weighted by atomic mass is 16.5. The lowest BCUT2D eigenvalue weighted by Crippen LogP contribution is -2.17. The second kappa shape index (κ2) is 6.39. The Balaban J connectivity index is 2.00. The highest BCUT2D eigenvalue weighted by Gasteiger charge is 2.14. The molecule has 0 unspecified atom stereocenters. The van der Waals surface area contributed by atoms with Gasteiger partial charge in [-0.2, -0.15) is 5.10 Å². The van der Waals surface area contributed by atoms with Crippen molar-refractivity contribution in [1.82, 2.24) is 14.8 Å². The summed E-state index contributed by atoms with van der Waals surface area (Å²) in [5.41, 5.74) is 3.00. The summed E-state index contributed by atoms with van der Waals surface area (Å²) in [5.74, 6) is 1.24. The number of carbonyl (C=O) groups excluding carboxylic acids is 1. The average Bonchev–Trinajstić information content (AvgIpc) is 3.17. The molecule has 1 aromatic carbocycles. The second-order valence-corrected chi connectivity index (χ2v) is 6.01. The van der Waals surface area contributed by atoms with Crippen molar-refractivity contribution in [2.24, 2.45) is 5.92 Å². The Morgan fingerprint density at radius 1 is 1.33 bits per heavy atom. The van der Waals surface area contributed by atoms with Crippen LogP contribution in [0.15, 0.2) is 30.3 Å². The van der Waals surface area contributed by atoms with Crippen LogP contribution in [-0.4, -0.2) is 27.8 Å². The molecule has 0 radical (unpaired) electrons. The lowest BCUT2D eigenvalue weighted by molar-refractivity contribution is -0.118.